The summed E-state index contributed by atoms with van der Waals surface area (Å²) in [4.78, 5) is 1.39. The summed E-state index contributed by atoms with van der Waals surface area (Å²) in [6.07, 6.45) is 3.44. The van der Waals surface area contributed by atoms with Crippen molar-refractivity contribution in [2.75, 3.05) is 0 Å². The fourth-order valence-corrected chi connectivity index (χ4v) is 3.87. The largest absolute Gasteiger partial charge is 0.144 e. The van der Waals surface area contributed by atoms with Gasteiger partial charge in [0, 0.05) is 4.88 Å². The van der Waals surface area contributed by atoms with E-state index in [1.165, 1.54) is 38.3 Å². The van der Waals surface area contributed by atoms with Gasteiger partial charge in [0.15, 0.2) is 0 Å². The Morgan fingerprint density at radius 3 is 2.52 bits per heavy atom. The molecule has 0 nitrogen and oxygen atoms in total. The highest BCUT2D eigenvalue weighted by molar-refractivity contribution is 7.11. The molecule has 4 rings (SSSR count). The first-order chi connectivity index (χ1) is 10.3. The molecule has 102 valence electrons. The highest BCUT2D eigenvalue weighted by Crippen LogP contribution is 2.40. The van der Waals surface area contributed by atoms with Gasteiger partial charge >= 0.3 is 0 Å². The molecule has 3 aromatic rings. The Morgan fingerprint density at radius 1 is 0.905 bits per heavy atom. The molecular formula is C20H16S. The predicted octanol–water partition coefficient (Wildman–Crippen LogP) is 5.82. The van der Waals surface area contributed by atoms with Crippen LogP contribution in [0.2, 0.25) is 0 Å². The first-order valence-corrected chi connectivity index (χ1v) is 8.13. The number of rotatable bonds is 2. The van der Waals surface area contributed by atoms with Gasteiger partial charge in [0.25, 0.3) is 0 Å². The highest BCUT2D eigenvalue weighted by Gasteiger charge is 2.19. The average Bonchev–Trinajstić information content (AvgIpc) is 3.17. The molecule has 2 aromatic carbocycles. The van der Waals surface area contributed by atoms with Gasteiger partial charge < -0.3 is 0 Å². The Labute approximate surface area is 129 Å². The molecule has 1 heteroatoms. The summed E-state index contributed by atoms with van der Waals surface area (Å²) in [5, 5.41) is 2.16. The molecule has 1 aromatic heterocycles. The van der Waals surface area contributed by atoms with Crippen LogP contribution in [0.1, 0.15) is 21.6 Å². The molecule has 0 amide bonds. The van der Waals surface area contributed by atoms with E-state index in [1.54, 1.807) is 0 Å². The van der Waals surface area contributed by atoms with Crippen molar-refractivity contribution < 1.29 is 0 Å². The van der Waals surface area contributed by atoms with Gasteiger partial charge in [-0.1, -0.05) is 48.5 Å². The molecule has 1 heterocycles. The lowest BCUT2D eigenvalue weighted by Gasteiger charge is -2.11. The van der Waals surface area contributed by atoms with Crippen LogP contribution in [-0.4, -0.2) is 0 Å². The van der Waals surface area contributed by atoms with Crippen molar-refractivity contribution in [1.82, 2.24) is 0 Å². The molecule has 0 radical (unpaired) electrons. The van der Waals surface area contributed by atoms with E-state index in [2.05, 4.69) is 73.0 Å². The van der Waals surface area contributed by atoms with E-state index in [-0.39, 0.29) is 0 Å². The zero-order valence-electron chi connectivity index (χ0n) is 12.0. The summed E-state index contributed by atoms with van der Waals surface area (Å²) in [6, 6.07) is 19.6. The van der Waals surface area contributed by atoms with Crippen molar-refractivity contribution in [3.05, 3.63) is 81.5 Å². The van der Waals surface area contributed by atoms with E-state index in [1.807, 2.05) is 11.3 Å². The number of hydrogen-bond donors (Lipinski definition) is 0. The van der Waals surface area contributed by atoms with Crippen LogP contribution in [0.3, 0.4) is 0 Å². The van der Waals surface area contributed by atoms with Gasteiger partial charge in [0.05, 0.1) is 0 Å². The zero-order valence-corrected chi connectivity index (χ0v) is 12.8. The number of aryl methyl sites for hydroxylation is 1. The van der Waals surface area contributed by atoms with Crippen LogP contribution < -0.4 is 0 Å². The number of allylic oxidation sites excluding steroid dienone is 1. The number of hydrogen-bond acceptors (Lipinski definition) is 1. The third-order valence-corrected chi connectivity index (χ3v) is 5.09. The summed E-state index contributed by atoms with van der Waals surface area (Å²) in [6.45, 7) is 2.21. The SMILES string of the molecule is Cc1ccc2c(c1-c1ccccc1)C=C(c1cccs1)C2. The Bertz CT molecular complexity index is 809. The fraction of sp³-hybridized carbons (Fsp3) is 0.100. The van der Waals surface area contributed by atoms with Crippen molar-refractivity contribution in [2.45, 2.75) is 13.3 Å². The van der Waals surface area contributed by atoms with Crippen LogP contribution in [-0.2, 0) is 6.42 Å². The second kappa shape index (κ2) is 5.01. The topological polar surface area (TPSA) is 0 Å². The minimum atomic E-state index is 1.05. The minimum absolute atomic E-state index is 1.05. The van der Waals surface area contributed by atoms with Crippen LogP contribution >= 0.6 is 11.3 Å². The van der Waals surface area contributed by atoms with Crippen LogP contribution in [0, 0.1) is 6.92 Å². The molecule has 0 N–H and O–H groups in total. The molecule has 0 atom stereocenters. The van der Waals surface area contributed by atoms with Gasteiger partial charge in [-0.25, -0.2) is 0 Å². The Hall–Kier alpha value is -2.12. The molecule has 1 aliphatic rings. The van der Waals surface area contributed by atoms with Gasteiger partial charge in [-0.15, -0.1) is 11.3 Å². The van der Waals surface area contributed by atoms with Gasteiger partial charge in [-0.3, -0.25) is 0 Å². The molecule has 0 spiro atoms. The smallest absolute Gasteiger partial charge is 0.0305 e. The van der Waals surface area contributed by atoms with Gasteiger partial charge in [-0.05, 0) is 64.3 Å². The van der Waals surface area contributed by atoms with Crippen molar-refractivity contribution >= 4 is 23.0 Å². The Kier molecular flexibility index (Phi) is 3.01. The quantitative estimate of drug-likeness (QED) is 0.557. The van der Waals surface area contributed by atoms with Gasteiger partial charge in [-0.2, -0.15) is 0 Å². The van der Waals surface area contributed by atoms with E-state index < -0.39 is 0 Å². The molecular weight excluding hydrogens is 272 g/mol. The first kappa shape index (κ1) is 12.6. The van der Waals surface area contributed by atoms with Gasteiger partial charge in [0.1, 0.15) is 0 Å². The second-order valence-electron chi connectivity index (χ2n) is 5.52. The van der Waals surface area contributed by atoms with E-state index in [0.29, 0.717) is 0 Å². The third-order valence-electron chi connectivity index (χ3n) is 4.14. The van der Waals surface area contributed by atoms with Crippen LogP contribution in [0.15, 0.2) is 60.0 Å². The summed E-state index contributed by atoms with van der Waals surface area (Å²) in [5.74, 6) is 0. The summed E-state index contributed by atoms with van der Waals surface area (Å²) in [5.41, 5.74) is 8.36. The van der Waals surface area contributed by atoms with Crippen LogP contribution in [0.25, 0.3) is 22.8 Å². The van der Waals surface area contributed by atoms with E-state index in [4.69, 9.17) is 0 Å². The molecule has 0 bridgehead atoms. The van der Waals surface area contributed by atoms with Crippen molar-refractivity contribution in [3.63, 3.8) is 0 Å². The maximum atomic E-state index is 2.39. The van der Waals surface area contributed by atoms with E-state index in [0.717, 1.165) is 6.42 Å². The number of benzene rings is 2. The fourth-order valence-electron chi connectivity index (χ4n) is 3.13. The number of fused-ring (bicyclic) bond motifs is 1. The van der Waals surface area contributed by atoms with Crippen molar-refractivity contribution in [3.8, 4) is 11.1 Å². The lowest BCUT2D eigenvalue weighted by atomic mass is 9.93. The molecule has 0 saturated carbocycles. The Balaban J connectivity index is 1.90. The highest BCUT2D eigenvalue weighted by atomic mass is 32.1. The van der Waals surface area contributed by atoms with Crippen molar-refractivity contribution in [2.24, 2.45) is 0 Å². The van der Waals surface area contributed by atoms with Crippen LogP contribution in [0.4, 0.5) is 0 Å². The predicted molar refractivity (Wildman–Crippen MR) is 92.5 cm³/mol. The molecule has 0 saturated heterocycles. The normalized spacial score (nSPS) is 13.1. The van der Waals surface area contributed by atoms with Gasteiger partial charge in [0.2, 0.25) is 0 Å². The lowest BCUT2D eigenvalue weighted by molar-refractivity contribution is 1.30. The summed E-state index contributed by atoms with van der Waals surface area (Å²) in [7, 11) is 0. The summed E-state index contributed by atoms with van der Waals surface area (Å²) < 4.78 is 0. The number of thiophene rings is 1. The molecule has 0 unspecified atom stereocenters. The van der Waals surface area contributed by atoms with Crippen molar-refractivity contribution in [1.29, 1.82) is 0 Å². The van der Waals surface area contributed by atoms with E-state index >= 15 is 0 Å². The molecule has 1 aliphatic carbocycles. The zero-order chi connectivity index (χ0) is 14.2. The first-order valence-electron chi connectivity index (χ1n) is 7.25. The van der Waals surface area contributed by atoms with Crippen LogP contribution in [0.5, 0.6) is 0 Å². The molecule has 0 aliphatic heterocycles. The third kappa shape index (κ3) is 2.14. The maximum Gasteiger partial charge on any atom is 0.0305 e. The summed E-state index contributed by atoms with van der Waals surface area (Å²) >= 11 is 1.83. The Morgan fingerprint density at radius 2 is 1.76 bits per heavy atom. The van der Waals surface area contributed by atoms with E-state index in [9.17, 15) is 0 Å². The second-order valence-corrected chi connectivity index (χ2v) is 6.47. The lowest BCUT2D eigenvalue weighted by Crippen LogP contribution is -1.91. The monoisotopic (exact) mass is 288 g/mol. The molecule has 21 heavy (non-hydrogen) atoms. The standard InChI is InChI=1S/C20H16S/c1-14-9-10-16-12-17(19-8-5-11-21-19)13-18(16)20(14)15-6-3-2-4-7-15/h2-11,13H,12H2,1H3. The maximum absolute atomic E-state index is 2.39. The molecule has 0 fully saturated rings. The average molecular weight is 288 g/mol. The minimum Gasteiger partial charge on any atom is -0.144 e.